The molecule has 1 aromatic rings. The molecule has 0 aliphatic heterocycles. The fourth-order valence-corrected chi connectivity index (χ4v) is 1.51. The van der Waals surface area contributed by atoms with Gasteiger partial charge < -0.3 is 0 Å². The van der Waals surface area contributed by atoms with Crippen LogP contribution in [0.4, 0.5) is 4.39 Å². The summed E-state index contributed by atoms with van der Waals surface area (Å²) in [5, 5.41) is 0. The highest BCUT2D eigenvalue weighted by molar-refractivity contribution is 5.80. The summed E-state index contributed by atoms with van der Waals surface area (Å²) in [5.74, 6) is -0.259. The van der Waals surface area contributed by atoms with E-state index in [1.807, 2.05) is 13.8 Å². The number of benzene rings is 1. The van der Waals surface area contributed by atoms with Gasteiger partial charge in [-0.15, -0.1) is 0 Å². The Labute approximate surface area is 77.6 Å². The third kappa shape index (κ3) is 1.37. The first-order chi connectivity index (χ1) is 6.00. The maximum absolute atomic E-state index is 13.5. The van der Waals surface area contributed by atoms with Gasteiger partial charge in [0.15, 0.2) is 6.29 Å². The Bertz CT molecular complexity index is 338. The van der Waals surface area contributed by atoms with E-state index < -0.39 is 0 Å². The van der Waals surface area contributed by atoms with Crippen molar-refractivity contribution in [1.29, 1.82) is 0 Å². The molecule has 0 fully saturated rings. The maximum Gasteiger partial charge on any atom is 0.150 e. The largest absolute Gasteiger partial charge is 0.298 e. The second kappa shape index (κ2) is 3.29. The molecule has 1 rings (SSSR count). The van der Waals surface area contributed by atoms with Crippen molar-refractivity contribution in [2.24, 2.45) is 0 Å². The molecule has 0 atom stereocenters. The number of hydrogen-bond acceptors (Lipinski definition) is 1. The van der Waals surface area contributed by atoms with E-state index >= 15 is 0 Å². The molecule has 0 N–H and O–H groups in total. The predicted molar refractivity (Wildman–Crippen MR) is 50.7 cm³/mol. The molecular formula is C11H13FO. The molecule has 2 heteroatoms. The smallest absolute Gasteiger partial charge is 0.150 e. The van der Waals surface area contributed by atoms with E-state index in [1.54, 1.807) is 13.8 Å². The summed E-state index contributed by atoms with van der Waals surface area (Å²) >= 11 is 0. The van der Waals surface area contributed by atoms with Crippen LogP contribution in [-0.4, -0.2) is 6.29 Å². The van der Waals surface area contributed by atoms with Crippen LogP contribution in [0.15, 0.2) is 0 Å². The molecule has 70 valence electrons. The molecule has 1 aromatic carbocycles. The molecule has 0 amide bonds. The van der Waals surface area contributed by atoms with Gasteiger partial charge in [0.25, 0.3) is 0 Å². The Morgan fingerprint density at radius 2 is 1.46 bits per heavy atom. The molecule has 13 heavy (non-hydrogen) atoms. The predicted octanol–water partition coefficient (Wildman–Crippen LogP) is 2.87. The first-order valence-electron chi connectivity index (χ1n) is 4.21. The topological polar surface area (TPSA) is 17.1 Å². The number of hydrogen-bond donors (Lipinski definition) is 0. The van der Waals surface area contributed by atoms with Gasteiger partial charge in [0, 0.05) is 5.56 Å². The van der Waals surface area contributed by atoms with E-state index in [1.165, 1.54) is 0 Å². The first-order valence-corrected chi connectivity index (χ1v) is 4.21. The van der Waals surface area contributed by atoms with Gasteiger partial charge in [0.1, 0.15) is 5.82 Å². The van der Waals surface area contributed by atoms with Gasteiger partial charge in [-0.2, -0.15) is 0 Å². The highest BCUT2D eigenvalue weighted by atomic mass is 19.1. The van der Waals surface area contributed by atoms with Crippen LogP contribution in [0.25, 0.3) is 0 Å². The Morgan fingerprint density at radius 1 is 0.923 bits per heavy atom. The lowest BCUT2D eigenvalue weighted by Gasteiger charge is -2.12. The number of halogens is 1. The van der Waals surface area contributed by atoms with E-state index in [2.05, 4.69) is 0 Å². The van der Waals surface area contributed by atoms with Crippen molar-refractivity contribution in [1.82, 2.24) is 0 Å². The van der Waals surface area contributed by atoms with Crippen molar-refractivity contribution in [3.05, 3.63) is 33.6 Å². The standard InChI is InChI=1S/C11H13FO/c1-6-7(2)10(5-13)9(4)11(12)8(6)3/h5H,1-4H3. The summed E-state index contributed by atoms with van der Waals surface area (Å²) in [5.41, 5.74) is 3.33. The molecule has 0 saturated carbocycles. The van der Waals surface area contributed by atoms with Gasteiger partial charge in [0.2, 0.25) is 0 Å². The molecule has 0 bridgehead atoms. The van der Waals surface area contributed by atoms with Gasteiger partial charge in [-0.3, -0.25) is 4.79 Å². The van der Waals surface area contributed by atoms with E-state index in [9.17, 15) is 9.18 Å². The van der Waals surface area contributed by atoms with Crippen LogP contribution in [-0.2, 0) is 0 Å². The van der Waals surface area contributed by atoms with Crippen LogP contribution in [0.3, 0.4) is 0 Å². The van der Waals surface area contributed by atoms with E-state index in [0.717, 1.165) is 17.4 Å². The van der Waals surface area contributed by atoms with Crippen molar-refractivity contribution >= 4 is 6.29 Å². The van der Waals surface area contributed by atoms with Crippen LogP contribution in [0.5, 0.6) is 0 Å². The molecule has 0 spiro atoms. The number of carbonyl (C=O) groups excluding carboxylic acids is 1. The summed E-state index contributed by atoms with van der Waals surface area (Å²) in [6.45, 7) is 7.05. The minimum atomic E-state index is -0.259. The van der Waals surface area contributed by atoms with Crippen molar-refractivity contribution in [3.63, 3.8) is 0 Å². The van der Waals surface area contributed by atoms with E-state index in [4.69, 9.17) is 0 Å². The number of carbonyl (C=O) groups is 1. The number of aldehydes is 1. The van der Waals surface area contributed by atoms with Gasteiger partial charge in [-0.05, 0) is 49.9 Å². The Balaban J connectivity index is 3.66. The third-order valence-electron chi connectivity index (χ3n) is 2.71. The van der Waals surface area contributed by atoms with Crippen LogP contribution >= 0.6 is 0 Å². The van der Waals surface area contributed by atoms with Crippen LogP contribution in [0, 0.1) is 33.5 Å². The van der Waals surface area contributed by atoms with E-state index in [-0.39, 0.29) is 5.82 Å². The monoisotopic (exact) mass is 180 g/mol. The lowest BCUT2D eigenvalue weighted by molar-refractivity contribution is 0.112. The van der Waals surface area contributed by atoms with Crippen LogP contribution < -0.4 is 0 Å². The zero-order valence-corrected chi connectivity index (χ0v) is 8.36. The molecule has 0 radical (unpaired) electrons. The first kappa shape index (κ1) is 9.90. The lowest BCUT2D eigenvalue weighted by atomic mass is 9.94. The molecule has 0 saturated heterocycles. The molecular weight excluding hydrogens is 167 g/mol. The number of rotatable bonds is 1. The van der Waals surface area contributed by atoms with E-state index in [0.29, 0.717) is 16.7 Å². The van der Waals surface area contributed by atoms with Crippen molar-refractivity contribution in [3.8, 4) is 0 Å². The Hall–Kier alpha value is -1.18. The molecule has 0 aliphatic carbocycles. The summed E-state index contributed by atoms with van der Waals surface area (Å²) in [6, 6.07) is 0. The zero-order chi connectivity index (χ0) is 10.2. The highest BCUT2D eigenvalue weighted by Gasteiger charge is 2.13. The molecule has 0 aromatic heterocycles. The van der Waals surface area contributed by atoms with Gasteiger partial charge in [-0.1, -0.05) is 0 Å². The summed E-state index contributed by atoms with van der Waals surface area (Å²) < 4.78 is 13.5. The van der Waals surface area contributed by atoms with Crippen molar-refractivity contribution in [2.45, 2.75) is 27.7 Å². The minimum absolute atomic E-state index is 0.259. The summed E-state index contributed by atoms with van der Waals surface area (Å²) in [7, 11) is 0. The van der Waals surface area contributed by atoms with Gasteiger partial charge >= 0.3 is 0 Å². The Kier molecular flexibility index (Phi) is 2.50. The fraction of sp³-hybridized carbons (Fsp3) is 0.364. The second-order valence-electron chi connectivity index (χ2n) is 3.35. The SMILES string of the molecule is Cc1c(C)c(F)c(C)c(C=O)c1C. The second-order valence-corrected chi connectivity index (χ2v) is 3.35. The maximum atomic E-state index is 13.5. The van der Waals surface area contributed by atoms with Gasteiger partial charge in [0.05, 0.1) is 0 Å². The zero-order valence-electron chi connectivity index (χ0n) is 8.36. The Morgan fingerprint density at radius 3 is 1.92 bits per heavy atom. The van der Waals surface area contributed by atoms with Gasteiger partial charge in [-0.25, -0.2) is 4.39 Å². The molecule has 1 nitrogen and oxygen atoms in total. The third-order valence-corrected chi connectivity index (χ3v) is 2.71. The van der Waals surface area contributed by atoms with Crippen LogP contribution in [0.1, 0.15) is 32.6 Å². The minimum Gasteiger partial charge on any atom is -0.298 e. The average Bonchev–Trinajstić information content (AvgIpc) is 2.13. The average molecular weight is 180 g/mol. The summed E-state index contributed by atoms with van der Waals surface area (Å²) in [6.07, 6.45) is 0.722. The molecule has 0 aliphatic rings. The summed E-state index contributed by atoms with van der Waals surface area (Å²) in [4.78, 5) is 10.7. The highest BCUT2D eigenvalue weighted by Crippen LogP contribution is 2.23. The molecule has 0 heterocycles. The molecule has 0 unspecified atom stereocenters. The normalized spacial score (nSPS) is 10.2. The van der Waals surface area contributed by atoms with Crippen molar-refractivity contribution in [2.75, 3.05) is 0 Å². The van der Waals surface area contributed by atoms with Crippen molar-refractivity contribution < 1.29 is 9.18 Å². The van der Waals surface area contributed by atoms with Crippen LogP contribution in [0.2, 0.25) is 0 Å². The quantitative estimate of drug-likeness (QED) is 0.607. The fourth-order valence-electron chi connectivity index (χ4n) is 1.51. The lowest BCUT2D eigenvalue weighted by Crippen LogP contribution is -2.02.